The van der Waals surface area contributed by atoms with Gasteiger partial charge in [-0.3, -0.25) is 4.79 Å². The zero-order chi connectivity index (χ0) is 14.7. The van der Waals surface area contributed by atoms with Crippen LogP contribution in [0.15, 0.2) is 30.3 Å². The topological polar surface area (TPSA) is 76.2 Å². The Morgan fingerprint density at radius 3 is 2.85 bits per heavy atom. The fourth-order valence-corrected chi connectivity index (χ4v) is 2.62. The molecule has 0 saturated heterocycles. The third-order valence-corrected chi connectivity index (χ3v) is 4.06. The van der Waals surface area contributed by atoms with Crippen LogP contribution in [0.5, 0.6) is 5.75 Å². The molecule has 1 aromatic carbocycles. The third kappa shape index (κ3) is 3.28. The quantitative estimate of drug-likeness (QED) is 0.516. The first-order chi connectivity index (χ1) is 9.47. The average Bonchev–Trinajstić information content (AvgIpc) is 2.78. The summed E-state index contributed by atoms with van der Waals surface area (Å²) in [6, 6.07) is 6.65. The molecule has 1 heterocycles. The van der Waals surface area contributed by atoms with E-state index >= 15 is 0 Å². The van der Waals surface area contributed by atoms with Gasteiger partial charge in [-0.1, -0.05) is 30.4 Å². The minimum Gasteiger partial charge on any atom is -0.508 e. The predicted molar refractivity (Wildman–Crippen MR) is 84.2 cm³/mol. The molecule has 2 rings (SSSR count). The standard InChI is InChI=1S/C14H12N2O2S2/c1-8-12(20-14(16-8)13(15)19)11(18)6-5-9-3-2-4-10(17)7-9/h2-7,17H,1H3,(H2,15,19)/b6-5-. The van der Waals surface area contributed by atoms with Gasteiger partial charge in [0.25, 0.3) is 0 Å². The Balaban J connectivity index is 2.22. The van der Waals surface area contributed by atoms with Gasteiger partial charge in [-0.2, -0.15) is 0 Å². The van der Waals surface area contributed by atoms with Gasteiger partial charge in [-0.25, -0.2) is 4.98 Å². The number of aryl methyl sites for hydroxylation is 1. The number of carbonyl (C=O) groups is 1. The molecule has 0 amide bonds. The Morgan fingerprint density at radius 1 is 1.50 bits per heavy atom. The molecule has 20 heavy (non-hydrogen) atoms. The van der Waals surface area contributed by atoms with Crippen molar-refractivity contribution < 1.29 is 9.90 Å². The lowest BCUT2D eigenvalue weighted by molar-refractivity contribution is 0.105. The molecule has 3 N–H and O–H groups in total. The summed E-state index contributed by atoms with van der Waals surface area (Å²) >= 11 is 6.03. The number of aromatic hydroxyl groups is 1. The number of carbonyl (C=O) groups excluding carboxylic acids is 1. The molecule has 2 aromatic rings. The minimum atomic E-state index is -0.161. The van der Waals surface area contributed by atoms with E-state index in [9.17, 15) is 9.90 Å². The molecule has 1 aromatic heterocycles. The molecule has 0 saturated carbocycles. The second kappa shape index (κ2) is 5.94. The number of phenolic OH excluding ortho intramolecular Hbond substituents is 1. The van der Waals surface area contributed by atoms with Crippen molar-refractivity contribution in [3.63, 3.8) is 0 Å². The van der Waals surface area contributed by atoms with Crippen LogP contribution in [0.4, 0.5) is 0 Å². The van der Waals surface area contributed by atoms with E-state index in [0.717, 1.165) is 5.56 Å². The van der Waals surface area contributed by atoms with Crippen molar-refractivity contribution in [3.05, 3.63) is 51.5 Å². The SMILES string of the molecule is Cc1nc(C(N)=S)sc1C(=O)/C=C\c1cccc(O)c1. The van der Waals surface area contributed by atoms with E-state index in [0.29, 0.717) is 15.6 Å². The van der Waals surface area contributed by atoms with E-state index in [1.807, 2.05) is 0 Å². The van der Waals surface area contributed by atoms with E-state index in [1.54, 1.807) is 37.3 Å². The number of thiocarbonyl (C=S) groups is 1. The van der Waals surface area contributed by atoms with Gasteiger partial charge in [-0.15, -0.1) is 11.3 Å². The highest BCUT2D eigenvalue weighted by molar-refractivity contribution is 7.81. The monoisotopic (exact) mass is 304 g/mol. The Labute approximate surface area is 125 Å². The molecule has 4 nitrogen and oxygen atoms in total. The Hall–Kier alpha value is -2.05. The molecular formula is C14H12N2O2S2. The largest absolute Gasteiger partial charge is 0.508 e. The van der Waals surface area contributed by atoms with Crippen molar-refractivity contribution >= 4 is 40.4 Å². The summed E-state index contributed by atoms with van der Waals surface area (Å²) in [7, 11) is 0. The molecule has 0 bridgehead atoms. The van der Waals surface area contributed by atoms with Crippen LogP contribution >= 0.6 is 23.6 Å². The molecule has 0 fully saturated rings. The van der Waals surface area contributed by atoms with E-state index in [4.69, 9.17) is 18.0 Å². The Kier molecular flexibility index (Phi) is 4.26. The summed E-state index contributed by atoms with van der Waals surface area (Å²) in [5.41, 5.74) is 6.86. The number of aromatic nitrogens is 1. The molecular weight excluding hydrogens is 292 g/mol. The molecule has 102 valence electrons. The van der Waals surface area contributed by atoms with Crippen molar-refractivity contribution in [2.24, 2.45) is 5.73 Å². The summed E-state index contributed by atoms with van der Waals surface area (Å²) in [6.45, 7) is 1.74. The van der Waals surface area contributed by atoms with Gasteiger partial charge in [0.1, 0.15) is 10.7 Å². The van der Waals surface area contributed by atoms with Crippen molar-refractivity contribution in [2.45, 2.75) is 6.92 Å². The zero-order valence-electron chi connectivity index (χ0n) is 10.7. The summed E-state index contributed by atoms with van der Waals surface area (Å²) < 4.78 is 0. The van der Waals surface area contributed by atoms with Crippen LogP contribution < -0.4 is 5.73 Å². The number of hydrogen-bond donors (Lipinski definition) is 2. The molecule has 0 aliphatic heterocycles. The van der Waals surface area contributed by atoms with Gasteiger partial charge in [0, 0.05) is 0 Å². The molecule has 0 aliphatic carbocycles. The Morgan fingerprint density at radius 2 is 2.25 bits per heavy atom. The van der Waals surface area contributed by atoms with Gasteiger partial charge in [0.15, 0.2) is 10.8 Å². The first-order valence-electron chi connectivity index (χ1n) is 5.76. The molecule has 0 radical (unpaired) electrons. The second-order valence-electron chi connectivity index (χ2n) is 4.09. The van der Waals surface area contributed by atoms with Crippen molar-refractivity contribution in [3.8, 4) is 5.75 Å². The van der Waals surface area contributed by atoms with Crippen LogP contribution in [0.3, 0.4) is 0 Å². The predicted octanol–water partition coefficient (Wildman–Crippen LogP) is 2.69. The minimum absolute atomic E-state index is 0.157. The number of thiazole rings is 1. The van der Waals surface area contributed by atoms with E-state index in [-0.39, 0.29) is 16.5 Å². The fraction of sp³-hybridized carbons (Fsp3) is 0.0714. The highest BCUT2D eigenvalue weighted by atomic mass is 32.1. The van der Waals surface area contributed by atoms with E-state index < -0.39 is 0 Å². The molecule has 0 aliphatic rings. The summed E-state index contributed by atoms with van der Waals surface area (Å²) in [5.74, 6) is -0.00446. The summed E-state index contributed by atoms with van der Waals surface area (Å²) in [6.07, 6.45) is 3.08. The zero-order valence-corrected chi connectivity index (χ0v) is 12.3. The van der Waals surface area contributed by atoms with Gasteiger partial charge in [0.05, 0.1) is 10.6 Å². The van der Waals surface area contributed by atoms with E-state index in [1.165, 1.54) is 17.4 Å². The number of nitrogens with two attached hydrogens (primary N) is 1. The van der Waals surface area contributed by atoms with Crippen molar-refractivity contribution in [1.29, 1.82) is 0 Å². The smallest absolute Gasteiger partial charge is 0.197 e. The van der Waals surface area contributed by atoms with Crippen LogP contribution in [0.1, 0.15) is 25.9 Å². The average molecular weight is 304 g/mol. The normalized spacial score (nSPS) is 10.8. The second-order valence-corrected chi connectivity index (χ2v) is 5.53. The molecule has 6 heteroatoms. The summed E-state index contributed by atoms with van der Waals surface area (Å²) in [5, 5.41) is 9.84. The number of benzene rings is 1. The Bertz CT molecular complexity index is 705. The number of ketones is 1. The van der Waals surface area contributed by atoms with Crippen molar-refractivity contribution in [1.82, 2.24) is 4.98 Å². The van der Waals surface area contributed by atoms with Crippen LogP contribution in [0, 0.1) is 6.92 Å². The summed E-state index contributed by atoms with van der Waals surface area (Å²) in [4.78, 5) is 17.0. The van der Waals surface area contributed by atoms with Gasteiger partial charge < -0.3 is 10.8 Å². The molecule has 0 atom stereocenters. The molecule has 0 unspecified atom stereocenters. The fourth-order valence-electron chi connectivity index (χ4n) is 1.61. The third-order valence-electron chi connectivity index (χ3n) is 2.53. The van der Waals surface area contributed by atoms with Crippen LogP contribution in [-0.2, 0) is 0 Å². The lowest BCUT2D eigenvalue weighted by Gasteiger charge is -1.95. The number of rotatable bonds is 4. The lowest BCUT2D eigenvalue weighted by Crippen LogP contribution is -2.08. The highest BCUT2D eigenvalue weighted by Gasteiger charge is 2.14. The van der Waals surface area contributed by atoms with Crippen molar-refractivity contribution in [2.75, 3.05) is 0 Å². The first kappa shape index (κ1) is 14.4. The van der Waals surface area contributed by atoms with Gasteiger partial charge in [-0.05, 0) is 30.7 Å². The van der Waals surface area contributed by atoms with Gasteiger partial charge >= 0.3 is 0 Å². The number of phenols is 1. The first-order valence-corrected chi connectivity index (χ1v) is 6.98. The van der Waals surface area contributed by atoms with Crippen LogP contribution in [-0.4, -0.2) is 20.9 Å². The van der Waals surface area contributed by atoms with Crippen LogP contribution in [0.25, 0.3) is 6.08 Å². The van der Waals surface area contributed by atoms with Crippen LogP contribution in [0.2, 0.25) is 0 Å². The number of allylic oxidation sites excluding steroid dienone is 1. The highest BCUT2D eigenvalue weighted by Crippen LogP contribution is 2.20. The maximum atomic E-state index is 12.1. The molecule has 0 spiro atoms. The van der Waals surface area contributed by atoms with Gasteiger partial charge in [0.2, 0.25) is 0 Å². The van der Waals surface area contributed by atoms with E-state index in [2.05, 4.69) is 4.98 Å². The maximum Gasteiger partial charge on any atom is 0.197 e. The number of nitrogens with zero attached hydrogens (tertiary/aromatic N) is 1. The lowest BCUT2D eigenvalue weighted by atomic mass is 10.1. The number of hydrogen-bond acceptors (Lipinski definition) is 5. The maximum absolute atomic E-state index is 12.1.